The van der Waals surface area contributed by atoms with Gasteiger partial charge in [0.2, 0.25) is 0 Å². The molecule has 2 aromatic rings. The average molecular weight is 386 g/mol. The Hall–Kier alpha value is -1.83. The van der Waals surface area contributed by atoms with Crippen molar-refractivity contribution < 1.29 is 9.11 Å². The number of hydrogen-bond donors (Lipinski definition) is 3. The van der Waals surface area contributed by atoms with E-state index in [1.807, 2.05) is 30.3 Å². The Morgan fingerprint density at radius 3 is 2.00 bits per heavy atom. The van der Waals surface area contributed by atoms with E-state index in [1.165, 1.54) is 5.69 Å². The number of nitrogens with zero attached hydrogens (tertiary/aromatic N) is 2. The van der Waals surface area contributed by atoms with Crippen molar-refractivity contribution in [2.45, 2.75) is 11.3 Å². The van der Waals surface area contributed by atoms with Crippen LogP contribution in [0.3, 0.4) is 0 Å². The van der Waals surface area contributed by atoms with E-state index in [2.05, 4.69) is 40.6 Å². The molecular weight excluding hydrogens is 358 g/mol. The van der Waals surface area contributed by atoms with Crippen molar-refractivity contribution in [3.05, 3.63) is 60.7 Å². The van der Waals surface area contributed by atoms with Gasteiger partial charge >= 0.3 is 0 Å². The molecule has 4 rings (SSSR count). The predicted molar refractivity (Wildman–Crippen MR) is 113 cm³/mol. The quantitative estimate of drug-likeness (QED) is 0.693. The van der Waals surface area contributed by atoms with Gasteiger partial charge in [-0.15, -0.1) is 10.8 Å². The van der Waals surface area contributed by atoms with Crippen LogP contribution in [0.4, 0.5) is 5.69 Å². The predicted octanol–water partition coefficient (Wildman–Crippen LogP) is 4.05. The van der Waals surface area contributed by atoms with Crippen molar-refractivity contribution in [2.75, 3.05) is 44.2 Å². The van der Waals surface area contributed by atoms with Crippen LogP contribution < -0.4 is 10.2 Å². The third-order valence-electron chi connectivity index (χ3n) is 5.23. The number of rotatable bonds is 4. The zero-order valence-corrected chi connectivity index (χ0v) is 16.2. The van der Waals surface area contributed by atoms with Crippen LogP contribution >= 0.6 is 10.8 Å². The monoisotopic (exact) mass is 385 g/mol. The van der Waals surface area contributed by atoms with Crippen LogP contribution in [0.2, 0.25) is 0 Å². The first-order chi connectivity index (χ1) is 13.1. The summed E-state index contributed by atoms with van der Waals surface area (Å²) < 4.78 is 23.1. The Bertz CT molecular complexity index is 784. The van der Waals surface area contributed by atoms with Crippen LogP contribution in [0.25, 0.3) is 11.1 Å². The number of anilines is 1. The fourth-order valence-corrected chi connectivity index (χ4v) is 5.07. The van der Waals surface area contributed by atoms with Gasteiger partial charge in [0.25, 0.3) is 0 Å². The topological polar surface area (TPSA) is 59.0 Å². The second-order valence-electron chi connectivity index (χ2n) is 6.98. The van der Waals surface area contributed by atoms with E-state index >= 15 is 0 Å². The van der Waals surface area contributed by atoms with Crippen LogP contribution in [0.5, 0.6) is 0 Å². The molecule has 2 aliphatic heterocycles. The summed E-state index contributed by atoms with van der Waals surface area (Å²) in [6, 6.07) is 16.2. The molecule has 1 saturated heterocycles. The molecule has 0 spiro atoms. The van der Waals surface area contributed by atoms with Crippen molar-refractivity contribution in [3.8, 4) is 11.1 Å². The largest absolute Gasteiger partial charge is 0.369 e. The molecule has 0 amide bonds. The molecular formula is C21H27N3O2S. The van der Waals surface area contributed by atoms with Crippen molar-refractivity contribution in [3.63, 3.8) is 0 Å². The summed E-state index contributed by atoms with van der Waals surface area (Å²) in [4.78, 5) is 2.98. The molecule has 0 radical (unpaired) electrons. The lowest BCUT2D eigenvalue weighted by Crippen LogP contribution is -2.43. The molecule has 1 fully saturated rings. The van der Waals surface area contributed by atoms with Crippen LogP contribution in [0.1, 0.15) is 6.42 Å². The molecule has 27 heavy (non-hydrogen) atoms. The number of hydrogen-bond acceptors (Lipinski definition) is 5. The van der Waals surface area contributed by atoms with E-state index in [9.17, 15) is 9.11 Å². The summed E-state index contributed by atoms with van der Waals surface area (Å²) in [5.41, 5.74) is 3.47. The molecule has 144 valence electrons. The Labute approximate surface area is 162 Å². The maximum atomic E-state index is 10.7. The summed E-state index contributed by atoms with van der Waals surface area (Å²) in [5, 5.41) is 3.38. The summed E-state index contributed by atoms with van der Waals surface area (Å²) in [6.07, 6.45) is 4.93. The standard InChI is InChI=1S/C21H27N3O2S/c25-27(26,24-14-2-1-3-15-24)21-10-6-19(7-11-21)18-4-8-20(9-5-18)23-16-12-22-13-17-23/h1-2,4-11,22,25-26H,3,12-17H2. The second-order valence-corrected chi connectivity index (χ2v) is 9.00. The minimum atomic E-state index is -2.91. The van der Waals surface area contributed by atoms with Crippen LogP contribution in [0.15, 0.2) is 65.6 Å². The molecule has 2 heterocycles. The van der Waals surface area contributed by atoms with Crippen molar-refractivity contribution in [1.29, 1.82) is 0 Å². The Kier molecular flexibility index (Phi) is 5.52. The third-order valence-corrected chi connectivity index (χ3v) is 7.19. The molecule has 0 bridgehead atoms. The summed E-state index contributed by atoms with van der Waals surface area (Å²) in [7, 11) is -2.91. The van der Waals surface area contributed by atoms with Gasteiger partial charge in [0, 0.05) is 45.0 Å². The first kappa shape index (κ1) is 18.5. The minimum Gasteiger partial charge on any atom is -0.369 e. The Morgan fingerprint density at radius 2 is 1.41 bits per heavy atom. The van der Waals surface area contributed by atoms with Gasteiger partial charge in [-0.3, -0.25) is 9.11 Å². The van der Waals surface area contributed by atoms with Gasteiger partial charge in [0.15, 0.2) is 0 Å². The average Bonchev–Trinajstić information content (AvgIpc) is 2.75. The van der Waals surface area contributed by atoms with Crippen molar-refractivity contribution >= 4 is 16.5 Å². The summed E-state index contributed by atoms with van der Waals surface area (Å²) in [5.74, 6) is 0. The minimum absolute atomic E-state index is 0.581. The smallest absolute Gasteiger partial charge is 0.0753 e. The molecule has 0 atom stereocenters. The summed E-state index contributed by atoms with van der Waals surface area (Å²) in [6.45, 7) is 5.39. The second kappa shape index (κ2) is 8.04. The van der Waals surface area contributed by atoms with E-state index in [4.69, 9.17) is 0 Å². The molecule has 0 aromatic heterocycles. The highest BCUT2D eigenvalue weighted by molar-refractivity contribution is 8.22. The molecule has 2 aliphatic rings. The molecule has 0 aliphatic carbocycles. The number of benzene rings is 2. The van der Waals surface area contributed by atoms with E-state index in [0.29, 0.717) is 18.0 Å². The normalized spacial score (nSPS) is 19.3. The highest BCUT2D eigenvalue weighted by Gasteiger charge is 2.25. The maximum Gasteiger partial charge on any atom is 0.0753 e. The molecule has 6 heteroatoms. The third kappa shape index (κ3) is 4.05. The zero-order valence-electron chi connectivity index (χ0n) is 15.4. The first-order valence-corrected chi connectivity index (χ1v) is 11.0. The molecule has 2 aromatic carbocycles. The van der Waals surface area contributed by atoms with Crippen LogP contribution in [0, 0.1) is 0 Å². The van der Waals surface area contributed by atoms with E-state index in [1.54, 1.807) is 4.31 Å². The number of nitrogens with one attached hydrogen (secondary N) is 1. The fourth-order valence-electron chi connectivity index (χ4n) is 3.62. The van der Waals surface area contributed by atoms with Gasteiger partial charge in [-0.25, -0.2) is 0 Å². The van der Waals surface area contributed by atoms with E-state index in [0.717, 1.165) is 43.7 Å². The highest BCUT2D eigenvalue weighted by Crippen LogP contribution is 2.52. The Morgan fingerprint density at radius 1 is 0.778 bits per heavy atom. The SMILES string of the molecule is OS(O)(c1ccc(-c2ccc(N3CCNCC3)cc2)cc1)N1CC=CCC1. The summed E-state index contributed by atoms with van der Waals surface area (Å²) >= 11 is 0. The first-order valence-electron chi connectivity index (χ1n) is 9.49. The lowest BCUT2D eigenvalue weighted by Gasteiger charge is -2.43. The maximum absolute atomic E-state index is 10.7. The molecule has 5 nitrogen and oxygen atoms in total. The van der Waals surface area contributed by atoms with E-state index < -0.39 is 10.8 Å². The van der Waals surface area contributed by atoms with Crippen molar-refractivity contribution in [2.24, 2.45) is 0 Å². The lowest BCUT2D eigenvalue weighted by molar-refractivity contribution is 0.363. The lowest BCUT2D eigenvalue weighted by atomic mass is 10.1. The van der Waals surface area contributed by atoms with Gasteiger partial charge < -0.3 is 10.2 Å². The Balaban J connectivity index is 1.49. The van der Waals surface area contributed by atoms with Crippen LogP contribution in [-0.2, 0) is 0 Å². The van der Waals surface area contributed by atoms with Gasteiger partial charge in [0.1, 0.15) is 0 Å². The number of piperazine rings is 1. The zero-order chi connectivity index (χ0) is 18.7. The van der Waals surface area contributed by atoms with Gasteiger partial charge in [-0.05, 0) is 41.8 Å². The van der Waals surface area contributed by atoms with Gasteiger partial charge in [0.05, 0.1) is 4.90 Å². The molecule has 3 N–H and O–H groups in total. The van der Waals surface area contributed by atoms with Gasteiger partial charge in [-0.1, -0.05) is 36.4 Å². The van der Waals surface area contributed by atoms with Gasteiger partial charge in [-0.2, -0.15) is 4.31 Å². The highest BCUT2D eigenvalue weighted by atomic mass is 32.3. The fraction of sp³-hybridized carbons (Fsp3) is 0.333. The van der Waals surface area contributed by atoms with E-state index in [-0.39, 0.29) is 0 Å². The molecule has 0 saturated carbocycles. The molecule has 0 unspecified atom stereocenters. The van der Waals surface area contributed by atoms with Crippen LogP contribution in [-0.4, -0.2) is 52.7 Å². The van der Waals surface area contributed by atoms with Crippen molar-refractivity contribution in [1.82, 2.24) is 9.62 Å².